The lowest BCUT2D eigenvalue weighted by Gasteiger charge is -2.28. The molecule has 1 heterocycles. The molecule has 0 aliphatic carbocycles. The molecule has 0 amide bonds. The van der Waals surface area contributed by atoms with Crippen molar-refractivity contribution in [1.29, 1.82) is 0 Å². The summed E-state index contributed by atoms with van der Waals surface area (Å²) in [5.41, 5.74) is 16.3. The van der Waals surface area contributed by atoms with Crippen molar-refractivity contribution in [2.24, 2.45) is 0 Å². The van der Waals surface area contributed by atoms with Crippen LogP contribution in [0.3, 0.4) is 0 Å². The Balaban J connectivity index is 1.07. The van der Waals surface area contributed by atoms with Gasteiger partial charge in [0.25, 0.3) is 0 Å². The molecule has 0 saturated heterocycles. The largest absolute Gasteiger partial charge is 0.310 e. The summed E-state index contributed by atoms with van der Waals surface area (Å²) in [5, 5.41) is 9.85. The first-order valence-corrected chi connectivity index (χ1v) is 23.4. The molecule has 0 bridgehead atoms. The van der Waals surface area contributed by atoms with E-state index < -0.39 is 0 Å². The minimum absolute atomic E-state index is 1.07. The van der Waals surface area contributed by atoms with Crippen molar-refractivity contribution in [3.05, 3.63) is 267 Å². The number of hydrogen-bond acceptors (Lipinski definition) is 1. The van der Waals surface area contributed by atoms with Gasteiger partial charge in [0.1, 0.15) is 0 Å². The number of fused-ring (bicyclic) bond motifs is 7. The van der Waals surface area contributed by atoms with Gasteiger partial charge in [-0.3, -0.25) is 0 Å². The highest BCUT2D eigenvalue weighted by Gasteiger charge is 2.22. The van der Waals surface area contributed by atoms with Crippen LogP contribution in [-0.2, 0) is 0 Å². The van der Waals surface area contributed by atoms with E-state index in [1.807, 2.05) is 0 Å². The molecule has 0 atom stereocenters. The zero-order valence-electron chi connectivity index (χ0n) is 37.3. The van der Waals surface area contributed by atoms with E-state index in [2.05, 4.69) is 276 Å². The highest BCUT2D eigenvalue weighted by Crippen LogP contribution is 2.48. The lowest BCUT2D eigenvalue weighted by Crippen LogP contribution is -2.10. The minimum atomic E-state index is 1.07. The van der Waals surface area contributed by atoms with Crippen LogP contribution >= 0.6 is 0 Å². The van der Waals surface area contributed by atoms with Crippen molar-refractivity contribution in [2.75, 3.05) is 4.90 Å². The monoisotopic (exact) mass is 864 g/mol. The molecule has 0 aliphatic heterocycles. The number of nitrogens with zero attached hydrogens (tertiary/aromatic N) is 2. The summed E-state index contributed by atoms with van der Waals surface area (Å²) in [6.45, 7) is 0. The first-order chi connectivity index (χ1) is 33.7. The van der Waals surface area contributed by atoms with Gasteiger partial charge in [0.05, 0.1) is 11.0 Å². The van der Waals surface area contributed by atoms with Crippen LogP contribution in [0.25, 0.3) is 104 Å². The van der Waals surface area contributed by atoms with Gasteiger partial charge in [0.2, 0.25) is 0 Å². The van der Waals surface area contributed by atoms with E-state index in [0.717, 1.165) is 33.9 Å². The average Bonchev–Trinajstić information content (AvgIpc) is 3.76. The Kier molecular flexibility index (Phi) is 9.54. The fourth-order valence-corrected chi connectivity index (χ4v) is 10.7. The molecule has 2 heteroatoms. The maximum Gasteiger partial charge on any atom is 0.0619 e. The maximum atomic E-state index is 2.45. The third-order valence-corrected chi connectivity index (χ3v) is 13.7. The predicted octanol–water partition coefficient (Wildman–Crippen LogP) is 18.4. The molecule has 318 valence electrons. The molecule has 13 aromatic rings. The van der Waals surface area contributed by atoms with Crippen LogP contribution < -0.4 is 4.90 Å². The molecule has 13 rings (SSSR count). The van der Waals surface area contributed by atoms with Crippen LogP contribution in [0.4, 0.5) is 17.1 Å². The standard InChI is InChI=1S/C66H44N2/c1-4-20-46(21-5-1)64-60-33-13-12-31-57(60)58-40-39-55(44-62(58)65(64)47-22-6-2-7-23-47)67(53-29-16-25-49(42-53)50-38-37-45-19-10-11-24-48(45)41-50)54-30-17-26-51(43-54)56-34-18-35-61-59-32-14-15-36-63(59)68(66(56)61)52-27-8-3-9-28-52/h1-44H. The molecule has 68 heavy (non-hydrogen) atoms. The topological polar surface area (TPSA) is 8.17 Å². The van der Waals surface area contributed by atoms with Crippen LogP contribution in [0, 0.1) is 0 Å². The lowest BCUT2D eigenvalue weighted by molar-refractivity contribution is 1.18. The number of anilines is 3. The Hall–Kier alpha value is -8.98. The molecule has 0 unspecified atom stereocenters. The molecule has 12 aromatic carbocycles. The quantitative estimate of drug-likeness (QED) is 0.138. The average molecular weight is 865 g/mol. The highest BCUT2D eigenvalue weighted by atomic mass is 15.1. The second kappa shape index (κ2) is 16.5. The second-order valence-corrected chi connectivity index (χ2v) is 17.6. The number of benzene rings is 12. The van der Waals surface area contributed by atoms with E-state index >= 15 is 0 Å². The Morgan fingerprint density at radius 1 is 0.265 bits per heavy atom. The van der Waals surface area contributed by atoms with Crippen LogP contribution in [0.5, 0.6) is 0 Å². The predicted molar refractivity (Wildman–Crippen MR) is 290 cm³/mol. The number of hydrogen-bond donors (Lipinski definition) is 0. The van der Waals surface area contributed by atoms with Crippen molar-refractivity contribution in [2.45, 2.75) is 0 Å². The Morgan fingerprint density at radius 3 is 1.53 bits per heavy atom. The van der Waals surface area contributed by atoms with Crippen LogP contribution in [0.1, 0.15) is 0 Å². The SMILES string of the molecule is c1ccc(-c2c(-c3ccccc3)c3cc(N(c4cccc(-c5ccc6ccccc6c5)c4)c4cccc(-c5cccc6c7ccccc7n(-c7ccccc7)c56)c4)ccc3c3ccccc23)cc1. The fourth-order valence-electron chi connectivity index (χ4n) is 10.7. The minimum Gasteiger partial charge on any atom is -0.310 e. The summed E-state index contributed by atoms with van der Waals surface area (Å²) in [7, 11) is 0. The van der Waals surface area contributed by atoms with E-state index in [4.69, 9.17) is 0 Å². The first kappa shape index (κ1) is 39.4. The molecule has 0 radical (unpaired) electrons. The number of aromatic nitrogens is 1. The summed E-state index contributed by atoms with van der Waals surface area (Å²) in [4.78, 5) is 2.45. The molecular formula is C66H44N2. The van der Waals surface area contributed by atoms with Gasteiger partial charge in [-0.05, 0) is 132 Å². The molecule has 2 nitrogen and oxygen atoms in total. The molecule has 0 spiro atoms. The molecule has 0 fully saturated rings. The fraction of sp³-hybridized carbons (Fsp3) is 0. The summed E-state index contributed by atoms with van der Waals surface area (Å²) in [6, 6.07) is 97.7. The van der Waals surface area contributed by atoms with E-state index in [0.29, 0.717) is 0 Å². The molecule has 0 aliphatic rings. The van der Waals surface area contributed by atoms with Crippen LogP contribution in [-0.4, -0.2) is 4.57 Å². The van der Waals surface area contributed by atoms with Crippen molar-refractivity contribution in [1.82, 2.24) is 4.57 Å². The second-order valence-electron chi connectivity index (χ2n) is 17.6. The highest BCUT2D eigenvalue weighted by molar-refractivity contribution is 6.22. The van der Waals surface area contributed by atoms with Gasteiger partial charge in [0.15, 0.2) is 0 Å². The molecular weight excluding hydrogens is 821 g/mol. The smallest absolute Gasteiger partial charge is 0.0619 e. The van der Waals surface area contributed by atoms with Gasteiger partial charge >= 0.3 is 0 Å². The molecule has 0 N–H and O–H groups in total. The van der Waals surface area contributed by atoms with Gasteiger partial charge in [0, 0.05) is 39.1 Å². The van der Waals surface area contributed by atoms with Crippen molar-refractivity contribution >= 4 is 71.2 Å². The van der Waals surface area contributed by atoms with Crippen molar-refractivity contribution in [3.63, 3.8) is 0 Å². The third kappa shape index (κ3) is 6.65. The Morgan fingerprint density at radius 2 is 0.779 bits per heavy atom. The molecule has 0 saturated carbocycles. The first-order valence-electron chi connectivity index (χ1n) is 23.4. The number of rotatable bonds is 8. The normalized spacial score (nSPS) is 11.5. The van der Waals surface area contributed by atoms with Gasteiger partial charge in [-0.1, -0.05) is 206 Å². The van der Waals surface area contributed by atoms with Crippen molar-refractivity contribution < 1.29 is 0 Å². The van der Waals surface area contributed by atoms with E-state index in [9.17, 15) is 0 Å². The third-order valence-electron chi connectivity index (χ3n) is 13.7. The van der Waals surface area contributed by atoms with Gasteiger partial charge in [-0.15, -0.1) is 0 Å². The summed E-state index contributed by atoms with van der Waals surface area (Å²) >= 11 is 0. The van der Waals surface area contributed by atoms with Gasteiger partial charge in [-0.2, -0.15) is 0 Å². The molecule has 1 aromatic heterocycles. The van der Waals surface area contributed by atoms with Crippen LogP contribution in [0.2, 0.25) is 0 Å². The lowest BCUT2D eigenvalue weighted by atomic mass is 9.85. The summed E-state index contributed by atoms with van der Waals surface area (Å²) in [6.07, 6.45) is 0. The van der Waals surface area contributed by atoms with Gasteiger partial charge in [-0.25, -0.2) is 0 Å². The maximum absolute atomic E-state index is 2.45. The van der Waals surface area contributed by atoms with E-state index in [1.54, 1.807) is 0 Å². The number of para-hydroxylation sites is 3. The zero-order valence-corrected chi connectivity index (χ0v) is 37.3. The van der Waals surface area contributed by atoms with Crippen LogP contribution in [0.15, 0.2) is 267 Å². The van der Waals surface area contributed by atoms with E-state index in [1.165, 1.54) is 87.5 Å². The Bertz CT molecular complexity index is 4020. The van der Waals surface area contributed by atoms with E-state index in [-0.39, 0.29) is 0 Å². The zero-order chi connectivity index (χ0) is 45.0. The van der Waals surface area contributed by atoms with Crippen molar-refractivity contribution in [3.8, 4) is 50.2 Å². The van der Waals surface area contributed by atoms with Gasteiger partial charge < -0.3 is 9.47 Å². The summed E-state index contributed by atoms with van der Waals surface area (Å²) < 4.78 is 2.43. The summed E-state index contributed by atoms with van der Waals surface area (Å²) in [5.74, 6) is 0. The Labute approximate surface area is 395 Å².